The number of nitrogens with two attached hydrogens (primary N) is 1. The molecule has 6 heteroatoms. The lowest BCUT2D eigenvalue weighted by Gasteiger charge is -2.10. The van der Waals surface area contributed by atoms with E-state index in [2.05, 4.69) is 31.9 Å². The summed E-state index contributed by atoms with van der Waals surface area (Å²) in [6.45, 7) is 0. The number of halogens is 3. The molecule has 0 spiro atoms. The van der Waals surface area contributed by atoms with E-state index in [1.165, 1.54) is 0 Å². The topological polar surface area (TPSA) is 35.2 Å². The number of benzene rings is 2. The quantitative estimate of drug-likeness (QED) is 0.684. The molecular formula is C13H8Br2ClNOS. The van der Waals surface area contributed by atoms with Crippen LogP contribution in [-0.2, 0) is 0 Å². The molecule has 0 aliphatic carbocycles. The van der Waals surface area contributed by atoms with E-state index in [-0.39, 0.29) is 0 Å². The second-order valence-corrected chi connectivity index (χ2v) is 6.30. The standard InChI is InChI=1S/C13H8Br2ClNOS/c14-7-1-4-12(11(16)5-7)18-8-2-3-9(13(17)19)10(15)6-8/h1-6H,(H2,17,19). The van der Waals surface area contributed by atoms with Crippen LogP contribution in [0.25, 0.3) is 0 Å². The largest absolute Gasteiger partial charge is 0.456 e. The summed E-state index contributed by atoms with van der Waals surface area (Å²) in [6.07, 6.45) is 0. The third-order valence-corrected chi connectivity index (χ3v) is 3.99. The molecule has 19 heavy (non-hydrogen) atoms. The molecule has 2 N–H and O–H groups in total. The lowest BCUT2D eigenvalue weighted by atomic mass is 10.2. The van der Waals surface area contributed by atoms with Crippen molar-refractivity contribution in [2.24, 2.45) is 5.73 Å². The van der Waals surface area contributed by atoms with Gasteiger partial charge in [0.05, 0.1) is 5.02 Å². The van der Waals surface area contributed by atoms with Gasteiger partial charge in [-0.25, -0.2) is 0 Å². The van der Waals surface area contributed by atoms with E-state index >= 15 is 0 Å². The molecule has 0 radical (unpaired) electrons. The highest BCUT2D eigenvalue weighted by atomic mass is 79.9. The van der Waals surface area contributed by atoms with Gasteiger partial charge in [0.15, 0.2) is 0 Å². The van der Waals surface area contributed by atoms with Gasteiger partial charge >= 0.3 is 0 Å². The van der Waals surface area contributed by atoms with E-state index in [0.29, 0.717) is 21.5 Å². The van der Waals surface area contributed by atoms with Gasteiger partial charge in [-0.3, -0.25) is 0 Å². The fourth-order valence-corrected chi connectivity index (χ4v) is 3.04. The zero-order chi connectivity index (χ0) is 14.0. The van der Waals surface area contributed by atoms with Gasteiger partial charge in [0.25, 0.3) is 0 Å². The van der Waals surface area contributed by atoms with Crippen LogP contribution in [0.3, 0.4) is 0 Å². The van der Waals surface area contributed by atoms with Gasteiger partial charge in [-0.2, -0.15) is 0 Å². The molecular weight excluding hydrogens is 413 g/mol. The van der Waals surface area contributed by atoms with Crippen LogP contribution in [-0.4, -0.2) is 4.99 Å². The lowest BCUT2D eigenvalue weighted by Crippen LogP contribution is -2.09. The minimum Gasteiger partial charge on any atom is -0.456 e. The van der Waals surface area contributed by atoms with Gasteiger partial charge in [-0.1, -0.05) is 39.7 Å². The van der Waals surface area contributed by atoms with Crippen LogP contribution in [0.1, 0.15) is 5.56 Å². The summed E-state index contributed by atoms with van der Waals surface area (Å²) in [5, 5.41) is 0.531. The average Bonchev–Trinajstić information content (AvgIpc) is 2.32. The Morgan fingerprint density at radius 1 is 1.16 bits per heavy atom. The van der Waals surface area contributed by atoms with E-state index in [0.717, 1.165) is 14.5 Å². The maximum Gasteiger partial charge on any atom is 0.146 e. The summed E-state index contributed by atoms with van der Waals surface area (Å²) in [5.74, 6) is 1.23. The Kier molecular flexibility index (Phi) is 4.84. The summed E-state index contributed by atoms with van der Waals surface area (Å²) >= 11 is 17.8. The van der Waals surface area contributed by atoms with Crippen LogP contribution in [0, 0.1) is 0 Å². The van der Waals surface area contributed by atoms with Gasteiger partial charge < -0.3 is 10.5 Å². The SMILES string of the molecule is NC(=S)c1ccc(Oc2ccc(Br)cc2Cl)cc1Br. The number of hydrogen-bond acceptors (Lipinski definition) is 2. The predicted molar refractivity (Wildman–Crippen MR) is 89.3 cm³/mol. The third kappa shape index (κ3) is 3.69. The minimum atomic E-state index is 0.333. The molecule has 2 rings (SSSR count). The minimum absolute atomic E-state index is 0.333. The first-order valence-electron chi connectivity index (χ1n) is 5.19. The fraction of sp³-hybridized carbons (Fsp3) is 0. The van der Waals surface area contributed by atoms with E-state index in [1.807, 2.05) is 6.07 Å². The normalized spacial score (nSPS) is 10.3. The van der Waals surface area contributed by atoms with Crippen molar-refractivity contribution in [1.82, 2.24) is 0 Å². The van der Waals surface area contributed by atoms with Gasteiger partial charge in [0.1, 0.15) is 16.5 Å². The van der Waals surface area contributed by atoms with Crippen LogP contribution in [0.5, 0.6) is 11.5 Å². The molecule has 0 unspecified atom stereocenters. The highest BCUT2D eigenvalue weighted by Crippen LogP contribution is 2.33. The average molecular weight is 422 g/mol. The summed E-state index contributed by atoms with van der Waals surface area (Å²) in [5.41, 5.74) is 6.36. The van der Waals surface area contributed by atoms with Crippen LogP contribution < -0.4 is 10.5 Å². The second-order valence-electron chi connectivity index (χ2n) is 3.68. The molecule has 0 amide bonds. The van der Waals surface area contributed by atoms with Crippen molar-refractivity contribution < 1.29 is 4.74 Å². The van der Waals surface area contributed by atoms with E-state index < -0.39 is 0 Å². The predicted octanol–water partition coefficient (Wildman–Crippen LogP) is 5.29. The van der Waals surface area contributed by atoms with Crippen molar-refractivity contribution in [1.29, 1.82) is 0 Å². The fourth-order valence-electron chi connectivity index (χ4n) is 1.44. The van der Waals surface area contributed by atoms with Gasteiger partial charge in [0, 0.05) is 14.5 Å². The molecule has 0 aliphatic rings. The van der Waals surface area contributed by atoms with Crippen LogP contribution in [0.2, 0.25) is 5.02 Å². The molecule has 0 aliphatic heterocycles. The Morgan fingerprint density at radius 3 is 2.47 bits per heavy atom. The van der Waals surface area contributed by atoms with Crippen molar-refractivity contribution in [3.63, 3.8) is 0 Å². The van der Waals surface area contributed by atoms with Crippen LogP contribution in [0.4, 0.5) is 0 Å². The molecule has 0 aromatic heterocycles. The molecule has 0 heterocycles. The first kappa shape index (κ1) is 14.8. The molecule has 0 saturated carbocycles. The molecule has 2 aromatic rings. The Bertz CT molecular complexity index is 649. The van der Waals surface area contributed by atoms with Gasteiger partial charge in [0.2, 0.25) is 0 Å². The number of thiocarbonyl (C=S) groups is 1. The maximum absolute atomic E-state index is 6.09. The second kappa shape index (κ2) is 6.22. The van der Waals surface area contributed by atoms with Crippen LogP contribution in [0.15, 0.2) is 45.3 Å². The summed E-state index contributed by atoms with van der Waals surface area (Å²) < 4.78 is 7.39. The van der Waals surface area contributed by atoms with Crippen molar-refractivity contribution in [2.75, 3.05) is 0 Å². The van der Waals surface area contributed by atoms with E-state index in [9.17, 15) is 0 Å². The zero-order valence-corrected chi connectivity index (χ0v) is 14.2. The Balaban J connectivity index is 2.29. The smallest absolute Gasteiger partial charge is 0.146 e. The van der Waals surface area contributed by atoms with Gasteiger partial charge in [-0.05, 0) is 52.3 Å². The maximum atomic E-state index is 6.09. The third-order valence-electron chi connectivity index (χ3n) is 2.33. The monoisotopic (exact) mass is 419 g/mol. The number of ether oxygens (including phenoxy) is 1. The number of rotatable bonds is 3. The lowest BCUT2D eigenvalue weighted by molar-refractivity contribution is 0.482. The molecule has 98 valence electrons. The van der Waals surface area contributed by atoms with Crippen molar-refractivity contribution in [3.05, 3.63) is 55.9 Å². The summed E-state index contributed by atoms with van der Waals surface area (Å²) in [7, 11) is 0. The molecule has 0 saturated heterocycles. The molecule has 0 fully saturated rings. The first-order chi connectivity index (χ1) is 8.97. The highest BCUT2D eigenvalue weighted by molar-refractivity contribution is 9.10. The Morgan fingerprint density at radius 2 is 1.89 bits per heavy atom. The molecule has 0 bridgehead atoms. The summed E-state index contributed by atoms with van der Waals surface area (Å²) in [4.78, 5) is 0.333. The van der Waals surface area contributed by atoms with Crippen molar-refractivity contribution >= 4 is 60.7 Å². The zero-order valence-electron chi connectivity index (χ0n) is 9.49. The van der Waals surface area contributed by atoms with Crippen LogP contribution >= 0.6 is 55.7 Å². The molecule has 2 aromatic carbocycles. The van der Waals surface area contributed by atoms with Crippen molar-refractivity contribution in [3.8, 4) is 11.5 Å². The first-order valence-corrected chi connectivity index (χ1v) is 7.57. The molecule has 0 atom stereocenters. The van der Waals surface area contributed by atoms with Gasteiger partial charge in [-0.15, -0.1) is 0 Å². The highest BCUT2D eigenvalue weighted by Gasteiger charge is 2.07. The van der Waals surface area contributed by atoms with E-state index in [4.69, 9.17) is 34.3 Å². The number of hydrogen-bond donors (Lipinski definition) is 1. The van der Waals surface area contributed by atoms with E-state index in [1.54, 1.807) is 30.3 Å². The molecule has 2 nitrogen and oxygen atoms in total. The summed E-state index contributed by atoms with van der Waals surface area (Å²) in [6, 6.07) is 10.8. The Labute approximate surface area is 138 Å². The Hall–Kier alpha value is -0.620. The van der Waals surface area contributed by atoms with Crippen molar-refractivity contribution in [2.45, 2.75) is 0 Å².